The fraction of sp³-hybridized carbons (Fsp3) is 0.0217. The molecular weight excluding hydrogens is 731 g/mol. The van der Waals surface area contributed by atoms with E-state index in [0.29, 0.717) is 44.5 Å². The van der Waals surface area contributed by atoms with Crippen LogP contribution in [0.5, 0.6) is 5.88 Å². The summed E-state index contributed by atoms with van der Waals surface area (Å²) < 4.78 is 27.2. The predicted molar refractivity (Wildman–Crippen MR) is 210 cm³/mol. The summed E-state index contributed by atoms with van der Waals surface area (Å²) in [5.41, 5.74) is 3.56. The highest BCUT2D eigenvalue weighted by Gasteiger charge is 2.34. The Hall–Kier alpha value is -7.79. The number of H-pyrrole nitrogens is 1. The molecule has 0 radical (unpaired) electrons. The van der Waals surface area contributed by atoms with Gasteiger partial charge in [-0.25, -0.2) is 8.78 Å². The molecule has 2 aliphatic heterocycles. The standard InChI is InChI=1S/C23H14FNO3.C15H12O2.C8H4FNO2/c24-17-13-7-12-16-18-19(21(26)14-8-3-1-4-9-14)22(15-10-5-2-6-11-15)27-28-23(18)25-20(16)17;16-14(12-7-3-1-4-8-12)11-15(17)13-9-5-2-6-10-13;9-5-3-1-2-4-6(5)10-8(12)7(4)11/h1-13,25H;1-10H,11H2;1-3H,(H,10,11,12). The number of Topliss-reactive ketones (excluding diaryl/α,β-unsaturated/α-hetero) is 4. The molecule has 3 heterocycles. The third-order valence-corrected chi connectivity index (χ3v) is 8.95. The maximum Gasteiger partial charge on any atom is 0.296 e. The van der Waals surface area contributed by atoms with Crippen molar-refractivity contribution in [2.45, 2.75) is 6.42 Å². The molecule has 0 aliphatic carbocycles. The van der Waals surface area contributed by atoms with Crippen LogP contribution in [0.15, 0.2) is 158 Å². The molecule has 0 spiro atoms. The van der Waals surface area contributed by atoms with Gasteiger partial charge in [0.25, 0.3) is 17.6 Å². The number of ketones is 4. The van der Waals surface area contributed by atoms with Crippen LogP contribution in [0.3, 0.4) is 0 Å². The van der Waals surface area contributed by atoms with Crippen molar-refractivity contribution in [2.24, 2.45) is 0 Å². The van der Waals surface area contributed by atoms with Crippen molar-refractivity contribution in [3.05, 3.63) is 203 Å². The number of rotatable bonds is 7. The van der Waals surface area contributed by atoms with E-state index in [1.807, 2.05) is 48.5 Å². The molecule has 0 atom stereocenters. The van der Waals surface area contributed by atoms with Crippen molar-refractivity contribution in [2.75, 3.05) is 5.32 Å². The van der Waals surface area contributed by atoms with Gasteiger partial charge in [0.15, 0.2) is 23.1 Å². The van der Waals surface area contributed by atoms with Gasteiger partial charge in [0.05, 0.1) is 34.3 Å². The summed E-state index contributed by atoms with van der Waals surface area (Å²) in [6.45, 7) is 0. The summed E-state index contributed by atoms with van der Waals surface area (Å²) in [4.78, 5) is 72.6. The summed E-state index contributed by atoms with van der Waals surface area (Å²) in [5, 5.41) is 2.71. The number of amides is 1. The van der Waals surface area contributed by atoms with Crippen LogP contribution in [0.25, 0.3) is 22.2 Å². The highest BCUT2D eigenvalue weighted by molar-refractivity contribution is 6.51. The first-order chi connectivity index (χ1) is 27.7. The fourth-order valence-corrected chi connectivity index (χ4v) is 6.17. The minimum absolute atomic E-state index is 0.00694. The lowest BCUT2D eigenvalue weighted by atomic mass is 9.92. The molecule has 0 saturated heterocycles. The average Bonchev–Trinajstić information content (AvgIpc) is 3.79. The minimum Gasteiger partial charge on any atom is -0.319 e. The van der Waals surface area contributed by atoms with Gasteiger partial charge in [-0.2, -0.15) is 0 Å². The van der Waals surface area contributed by atoms with Crippen LogP contribution < -0.4 is 10.2 Å². The molecule has 0 unspecified atom stereocenters. The summed E-state index contributed by atoms with van der Waals surface area (Å²) >= 11 is 0. The van der Waals surface area contributed by atoms with Crippen molar-refractivity contribution in [1.82, 2.24) is 4.98 Å². The molecule has 9 rings (SSSR count). The van der Waals surface area contributed by atoms with Crippen molar-refractivity contribution >= 4 is 57.0 Å². The number of aromatic nitrogens is 1. The van der Waals surface area contributed by atoms with Crippen LogP contribution in [0.4, 0.5) is 14.5 Å². The minimum atomic E-state index is -0.768. The Morgan fingerprint density at radius 3 is 1.67 bits per heavy atom. The maximum absolute atomic E-state index is 14.3. The van der Waals surface area contributed by atoms with Gasteiger partial charge < -0.3 is 10.3 Å². The third kappa shape index (κ3) is 8.03. The zero-order valence-corrected chi connectivity index (χ0v) is 29.8. The molecule has 280 valence electrons. The van der Waals surface area contributed by atoms with E-state index in [9.17, 15) is 32.8 Å². The largest absolute Gasteiger partial charge is 0.319 e. The van der Waals surface area contributed by atoms with Crippen LogP contribution in [0, 0.1) is 11.6 Å². The van der Waals surface area contributed by atoms with E-state index >= 15 is 0 Å². The maximum atomic E-state index is 14.3. The molecule has 0 bridgehead atoms. The lowest BCUT2D eigenvalue weighted by Crippen LogP contribution is -2.14. The van der Waals surface area contributed by atoms with Crippen molar-refractivity contribution in [3.63, 3.8) is 0 Å². The number of hydrogen-bond donors (Lipinski definition) is 2. The number of carbonyl (C=O) groups excluding carboxylic acids is 5. The monoisotopic (exact) mass is 760 g/mol. The Labute approximate surface area is 324 Å². The van der Waals surface area contributed by atoms with E-state index in [4.69, 9.17) is 9.78 Å². The second-order valence-electron chi connectivity index (χ2n) is 12.6. The number of para-hydroxylation sites is 2. The fourth-order valence-electron chi connectivity index (χ4n) is 6.17. The van der Waals surface area contributed by atoms with Gasteiger partial charge in [0, 0.05) is 27.6 Å². The number of carbonyl (C=O) groups is 5. The zero-order chi connectivity index (χ0) is 39.9. The Bertz CT molecular complexity index is 2630. The van der Waals surface area contributed by atoms with E-state index in [1.165, 1.54) is 24.3 Å². The first-order valence-electron chi connectivity index (χ1n) is 17.6. The van der Waals surface area contributed by atoms with E-state index in [2.05, 4.69) is 10.3 Å². The lowest BCUT2D eigenvalue weighted by Gasteiger charge is -2.20. The van der Waals surface area contributed by atoms with Crippen LogP contribution in [0.1, 0.15) is 59.0 Å². The molecule has 2 aliphatic rings. The molecule has 1 aromatic heterocycles. The Morgan fingerprint density at radius 1 is 0.561 bits per heavy atom. The second-order valence-corrected chi connectivity index (χ2v) is 12.6. The second kappa shape index (κ2) is 16.7. The van der Waals surface area contributed by atoms with E-state index in [1.54, 1.807) is 84.9 Å². The van der Waals surface area contributed by atoms with Gasteiger partial charge in [-0.3, -0.25) is 33.7 Å². The van der Waals surface area contributed by atoms with Crippen LogP contribution in [0.2, 0.25) is 0 Å². The van der Waals surface area contributed by atoms with E-state index in [-0.39, 0.29) is 46.4 Å². The summed E-state index contributed by atoms with van der Waals surface area (Å²) in [7, 11) is 0. The van der Waals surface area contributed by atoms with E-state index in [0.717, 1.165) is 0 Å². The predicted octanol–water partition coefficient (Wildman–Crippen LogP) is 9.49. The van der Waals surface area contributed by atoms with Crippen molar-refractivity contribution < 1.29 is 42.5 Å². The van der Waals surface area contributed by atoms with Crippen molar-refractivity contribution in [3.8, 4) is 5.88 Å². The van der Waals surface area contributed by atoms with Crippen molar-refractivity contribution in [1.29, 1.82) is 0 Å². The van der Waals surface area contributed by atoms with Gasteiger partial charge in [-0.15, -0.1) is 0 Å². The molecule has 11 heteroatoms. The zero-order valence-electron chi connectivity index (χ0n) is 29.8. The lowest BCUT2D eigenvalue weighted by molar-refractivity contribution is -0.138. The molecular formula is C46H30F2N2O7. The first kappa shape index (κ1) is 37.5. The number of anilines is 1. The van der Waals surface area contributed by atoms with Gasteiger partial charge >= 0.3 is 0 Å². The number of nitrogens with one attached hydrogen (secondary N) is 2. The van der Waals surface area contributed by atoms with Gasteiger partial charge in [-0.05, 0) is 18.2 Å². The molecule has 0 fully saturated rings. The molecule has 0 saturated carbocycles. The third-order valence-electron chi connectivity index (χ3n) is 8.95. The highest BCUT2D eigenvalue weighted by atomic mass is 19.1. The quantitative estimate of drug-likeness (QED) is 0.0716. The SMILES string of the molecule is O=C(C1=C(c2ccccc2)OOc2[nH]c3c(F)cccc3c21)c1ccccc1.O=C(CC(=O)c1ccccc1)c1ccccc1.O=C1Nc2c(F)cccc2C1=O. The first-order valence-corrected chi connectivity index (χ1v) is 17.6. The molecule has 9 nitrogen and oxygen atoms in total. The smallest absolute Gasteiger partial charge is 0.296 e. The summed E-state index contributed by atoms with van der Waals surface area (Å²) in [6, 6.07) is 44.6. The van der Waals surface area contributed by atoms with Gasteiger partial charge in [0.2, 0.25) is 0 Å². The average molecular weight is 761 g/mol. The van der Waals surface area contributed by atoms with Crippen LogP contribution in [-0.2, 0) is 9.68 Å². The number of benzene rings is 6. The van der Waals surface area contributed by atoms with E-state index < -0.39 is 23.3 Å². The molecule has 57 heavy (non-hydrogen) atoms. The Balaban J connectivity index is 0.000000145. The number of allylic oxidation sites excluding steroid dienone is 1. The van der Waals surface area contributed by atoms with Gasteiger partial charge in [-0.1, -0.05) is 140 Å². The summed E-state index contributed by atoms with van der Waals surface area (Å²) in [6.07, 6.45) is -0.0754. The number of fused-ring (bicyclic) bond motifs is 4. The van der Waals surface area contributed by atoms with Crippen LogP contribution >= 0.6 is 0 Å². The van der Waals surface area contributed by atoms with Crippen LogP contribution in [-0.4, -0.2) is 34.0 Å². The molecule has 1 amide bonds. The highest BCUT2D eigenvalue weighted by Crippen LogP contribution is 2.44. The normalized spacial score (nSPS) is 12.4. The molecule has 2 N–H and O–H groups in total. The number of hydrogen-bond acceptors (Lipinski definition) is 7. The number of aromatic amines is 1. The Morgan fingerprint density at radius 2 is 1.09 bits per heavy atom. The Kier molecular flexibility index (Phi) is 11.0. The molecule has 7 aromatic rings. The number of halogens is 2. The topological polar surface area (TPSA) is 132 Å². The van der Waals surface area contributed by atoms with Gasteiger partial charge in [0.1, 0.15) is 11.6 Å². The molecule has 6 aromatic carbocycles. The summed E-state index contributed by atoms with van der Waals surface area (Å²) in [5.74, 6) is -2.45.